The number of nitrogen functional groups attached to an aromatic ring is 1. The van der Waals surface area contributed by atoms with Crippen LogP contribution >= 0.6 is 15.9 Å². The number of halogens is 1. The number of fused-ring (bicyclic) bond motifs is 1. The fraction of sp³-hybridized carbons (Fsp3) is 0.250. The van der Waals surface area contributed by atoms with Gasteiger partial charge in [0.15, 0.2) is 0 Å². The second-order valence-corrected chi connectivity index (χ2v) is 5.19. The molecule has 0 fully saturated rings. The van der Waals surface area contributed by atoms with Crippen molar-refractivity contribution >= 4 is 32.9 Å². The lowest BCUT2D eigenvalue weighted by Gasteiger charge is -2.06. The Morgan fingerprint density at radius 1 is 1.26 bits per heavy atom. The minimum absolute atomic E-state index is 0.548. The van der Waals surface area contributed by atoms with E-state index in [9.17, 15) is 0 Å². The first kappa shape index (κ1) is 12.2. The van der Waals surface area contributed by atoms with Crippen molar-refractivity contribution in [2.75, 3.05) is 5.73 Å². The van der Waals surface area contributed by atoms with Crippen molar-refractivity contribution in [2.45, 2.75) is 19.5 Å². The molecular formula is C12H13BrN6. The zero-order chi connectivity index (χ0) is 13.2. The predicted octanol–water partition coefficient (Wildman–Crippen LogP) is 2.06. The lowest BCUT2D eigenvalue weighted by molar-refractivity contribution is 0.521. The van der Waals surface area contributed by atoms with Crippen LogP contribution < -0.4 is 5.73 Å². The van der Waals surface area contributed by atoms with Crippen molar-refractivity contribution in [3.05, 3.63) is 35.1 Å². The van der Waals surface area contributed by atoms with Gasteiger partial charge in [-0.25, -0.2) is 4.98 Å². The molecule has 0 saturated carbocycles. The highest BCUT2D eigenvalue weighted by Gasteiger charge is 2.08. The van der Waals surface area contributed by atoms with Crippen LogP contribution in [0.2, 0.25) is 0 Å². The highest BCUT2D eigenvalue weighted by molar-refractivity contribution is 9.10. The van der Waals surface area contributed by atoms with E-state index >= 15 is 0 Å². The molecule has 0 amide bonds. The molecule has 2 N–H and O–H groups in total. The molecule has 0 radical (unpaired) electrons. The van der Waals surface area contributed by atoms with E-state index in [0.717, 1.165) is 35.0 Å². The normalized spacial score (nSPS) is 11.2. The summed E-state index contributed by atoms with van der Waals surface area (Å²) in [6.45, 7) is 1.62. The molecule has 7 heteroatoms. The highest BCUT2D eigenvalue weighted by atomic mass is 79.9. The molecule has 3 rings (SSSR count). The lowest BCUT2D eigenvalue weighted by atomic mass is 10.3. The van der Waals surface area contributed by atoms with Crippen molar-refractivity contribution in [2.24, 2.45) is 0 Å². The molecule has 0 aliphatic rings. The number of rotatable bonds is 4. The van der Waals surface area contributed by atoms with Crippen LogP contribution in [0.3, 0.4) is 0 Å². The maximum atomic E-state index is 5.96. The molecule has 0 aliphatic carbocycles. The average molecular weight is 321 g/mol. The Labute approximate surface area is 118 Å². The molecule has 19 heavy (non-hydrogen) atoms. The number of aryl methyl sites for hydroxylation is 2. The third-order valence-corrected chi connectivity index (χ3v) is 3.47. The van der Waals surface area contributed by atoms with Gasteiger partial charge in [-0.3, -0.25) is 4.68 Å². The molecule has 0 unspecified atom stereocenters. The van der Waals surface area contributed by atoms with Gasteiger partial charge < -0.3 is 10.3 Å². The van der Waals surface area contributed by atoms with Crippen LogP contribution in [0.1, 0.15) is 6.42 Å². The molecule has 0 aliphatic heterocycles. The van der Waals surface area contributed by atoms with E-state index in [0.29, 0.717) is 5.95 Å². The van der Waals surface area contributed by atoms with Gasteiger partial charge in [-0.2, -0.15) is 0 Å². The maximum absolute atomic E-state index is 5.96. The molecule has 2 heterocycles. The molecule has 2 aromatic heterocycles. The second-order valence-electron chi connectivity index (χ2n) is 4.27. The summed E-state index contributed by atoms with van der Waals surface area (Å²) < 4.78 is 4.86. The van der Waals surface area contributed by atoms with E-state index in [2.05, 4.69) is 31.2 Å². The third kappa shape index (κ3) is 2.46. The first-order valence-electron chi connectivity index (χ1n) is 5.99. The zero-order valence-corrected chi connectivity index (χ0v) is 11.8. The first-order chi connectivity index (χ1) is 9.24. The van der Waals surface area contributed by atoms with Gasteiger partial charge in [0, 0.05) is 23.8 Å². The van der Waals surface area contributed by atoms with E-state index < -0.39 is 0 Å². The van der Waals surface area contributed by atoms with Gasteiger partial charge in [0.1, 0.15) is 0 Å². The average Bonchev–Trinajstić information content (AvgIpc) is 2.99. The van der Waals surface area contributed by atoms with E-state index in [1.807, 2.05) is 33.6 Å². The summed E-state index contributed by atoms with van der Waals surface area (Å²) in [6.07, 6.45) is 4.45. The first-order valence-corrected chi connectivity index (χ1v) is 6.79. The van der Waals surface area contributed by atoms with Crippen molar-refractivity contribution in [1.82, 2.24) is 24.5 Å². The minimum atomic E-state index is 0.548. The van der Waals surface area contributed by atoms with Crippen molar-refractivity contribution in [3.8, 4) is 0 Å². The van der Waals surface area contributed by atoms with Gasteiger partial charge in [0.25, 0.3) is 0 Å². The monoisotopic (exact) mass is 320 g/mol. The summed E-state index contributed by atoms with van der Waals surface area (Å²) in [5.41, 5.74) is 7.93. The molecule has 6 nitrogen and oxygen atoms in total. The molecule has 0 spiro atoms. The fourth-order valence-corrected chi connectivity index (χ4v) is 2.44. The summed E-state index contributed by atoms with van der Waals surface area (Å²) in [4.78, 5) is 4.35. The van der Waals surface area contributed by atoms with Crippen LogP contribution in [-0.2, 0) is 13.1 Å². The second kappa shape index (κ2) is 5.00. The summed E-state index contributed by atoms with van der Waals surface area (Å²) in [6, 6.07) is 5.96. The molecule has 3 aromatic rings. The standard InChI is InChI=1S/C12H13BrN6/c13-9-2-3-10-11(8-9)19(12(14)16-10)6-1-5-18-7-4-15-17-18/h2-4,7-8H,1,5-6H2,(H2,14,16). The number of hydrogen-bond donors (Lipinski definition) is 1. The van der Waals surface area contributed by atoms with Crippen LogP contribution in [0.15, 0.2) is 35.1 Å². The molecule has 0 atom stereocenters. The Bertz CT molecular complexity index is 688. The summed E-state index contributed by atoms with van der Waals surface area (Å²) in [5, 5.41) is 7.72. The van der Waals surface area contributed by atoms with Gasteiger partial charge in [-0.15, -0.1) is 5.10 Å². The fourth-order valence-electron chi connectivity index (χ4n) is 2.09. The number of imidazole rings is 1. The lowest BCUT2D eigenvalue weighted by Crippen LogP contribution is -2.07. The number of nitrogens with zero attached hydrogens (tertiary/aromatic N) is 5. The zero-order valence-electron chi connectivity index (χ0n) is 10.2. The quantitative estimate of drug-likeness (QED) is 0.798. The smallest absolute Gasteiger partial charge is 0.201 e. The molecule has 0 bridgehead atoms. The minimum Gasteiger partial charge on any atom is -0.369 e. The molecule has 1 aromatic carbocycles. The number of nitrogens with two attached hydrogens (primary N) is 1. The predicted molar refractivity (Wildman–Crippen MR) is 76.5 cm³/mol. The Hall–Kier alpha value is -1.89. The van der Waals surface area contributed by atoms with E-state index in [1.165, 1.54) is 0 Å². The van der Waals surface area contributed by atoms with Crippen LogP contribution in [-0.4, -0.2) is 24.5 Å². The van der Waals surface area contributed by atoms with E-state index in [1.54, 1.807) is 6.20 Å². The van der Waals surface area contributed by atoms with Gasteiger partial charge in [0.2, 0.25) is 5.95 Å². The van der Waals surface area contributed by atoms with Crippen LogP contribution in [0, 0.1) is 0 Å². The summed E-state index contributed by atoms with van der Waals surface area (Å²) in [5.74, 6) is 0.548. The third-order valence-electron chi connectivity index (χ3n) is 2.98. The Balaban J connectivity index is 1.80. The number of hydrogen-bond acceptors (Lipinski definition) is 4. The van der Waals surface area contributed by atoms with Crippen molar-refractivity contribution < 1.29 is 0 Å². The highest BCUT2D eigenvalue weighted by Crippen LogP contribution is 2.22. The summed E-state index contributed by atoms with van der Waals surface area (Å²) in [7, 11) is 0. The van der Waals surface area contributed by atoms with Crippen molar-refractivity contribution in [3.63, 3.8) is 0 Å². The maximum Gasteiger partial charge on any atom is 0.201 e. The number of benzene rings is 1. The van der Waals surface area contributed by atoms with Gasteiger partial charge in [0.05, 0.1) is 17.2 Å². The molecule has 0 saturated heterocycles. The molecule has 98 valence electrons. The molecular weight excluding hydrogens is 308 g/mol. The van der Waals surface area contributed by atoms with Gasteiger partial charge >= 0.3 is 0 Å². The number of aromatic nitrogens is 5. The van der Waals surface area contributed by atoms with E-state index in [-0.39, 0.29) is 0 Å². The largest absolute Gasteiger partial charge is 0.369 e. The Morgan fingerprint density at radius 3 is 2.95 bits per heavy atom. The van der Waals surface area contributed by atoms with Crippen LogP contribution in [0.4, 0.5) is 5.95 Å². The topological polar surface area (TPSA) is 74.5 Å². The Morgan fingerprint density at radius 2 is 2.16 bits per heavy atom. The summed E-state index contributed by atoms with van der Waals surface area (Å²) >= 11 is 3.47. The SMILES string of the molecule is Nc1nc2ccc(Br)cc2n1CCCn1ccnn1. The van der Waals surface area contributed by atoms with Crippen LogP contribution in [0.25, 0.3) is 11.0 Å². The van der Waals surface area contributed by atoms with Crippen LogP contribution in [0.5, 0.6) is 0 Å². The van der Waals surface area contributed by atoms with Crippen molar-refractivity contribution in [1.29, 1.82) is 0 Å². The van der Waals surface area contributed by atoms with Gasteiger partial charge in [-0.1, -0.05) is 21.1 Å². The van der Waals surface area contributed by atoms with Gasteiger partial charge in [-0.05, 0) is 24.6 Å². The number of anilines is 1. The Kier molecular flexibility index (Phi) is 3.20. The van der Waals surface area contributed by atoms with E-state index in [4.69, 9.17) is 5.73 Å².